The van der Waals surface area contributed by atoms with Crippen LogP contribution < -0.4 is 0 Å². The van der Waals surface area contributed by atoms with Crippen molar-refractivity contribution >= 4 is 54.8 Å². The molecule has 0 bridgehead atoms. The molecular formula is C12H8Br2ClFOS. The molecule has 0 amide bonds. The van der Waals surface area contributed by atoms with Gasteiger partial charge < -0.3 is 5.11 Å². The molecule has 1 heterocycles. The average Bonchev–Trinajstić information content (AvgIpc) is 2.66. The van der Waals surface area contributed by atoms with Crippen molar-refractivity contribution in [3.8, 4) is 0 Å². The molecule has 1 unspecified atom stereocenters. The van der Waals surface area contributed by atoms with Crippen LogP contribution in [-0.2, 0) is 0 Å². The Bertz CT molecular complexity index is 581. The van der Waals surface area contributed by atoms with Crippen molar-refractivity contribution in [1.82, 2.24) is 0 Å². The topological polar surface area (TPSA) is 20.2 Å². The lowest BCUT2D eigenvalue weighted by Crippen LogP contribution is -2.01. The number of halogens is 4. The van der Waals surface area contributed by atoms with Crippen molar-refractivity contribution in [3.63, 3.8) is 0 Å². The van der Waals surface area contributed by atoms with Crippen molar-refractivity contribution in [2.45, 2.75) is 13.0 Å². The fourth-order valence-corrected chi connectivity index (χ4v) is 3.58. The minimum Gasteiger partial charge on any atom is -0.383 e. The first kappa shape index (κ1) is 14.5. The quantitative estimate of drug-likeness (QED) is 0.648. The Hall–Kier alpha value is 0.0600. The summed E-state index contributed by atoms with van der Waals surface area (Å²) >= 11 is 13.7. The van der Waals surface area contributed by atoms with Crippen LogP contribution in [0.3, 0.4) is 0 Å². The first-order chi connectivity index (χ1) is 8.41. The number of aliphatic hydroxyl groups is 1. The van der Waals surface area contributed by atoms with Crippen LogP contribution >= 0.6 is 54.8 Å². The molecule has 0 saturated carbocycles. The maximum absolute atomic E-state index is 14.0. The third-order valence-corrected chi connectivity index (χ3v) is 5.95. The zero-order valence-corrected chi connectivity index (χ0v) is 13.9. The molecule has 1 aromatic heterocycles. The summed E-state index contributed by atoms with van der Waals surface area (Å²) in [6.07, 6.45) is -1.01. The number of hydrogen-bond acceptors (Lipinski definition) is 2. The first-order valence-electron chi connectivity index (χ1n) is 4.99. The number of aliphatic hydroxyl groups excluding tert-OH is 1. The van der Waals surface area contributed by atoms with Crippen LogP contribution in [-0.4, -0.2) is 5.11 Å². The number of thiophene rings is 1. The van der Waals surface area contributed by atoms with Gasteiger partial charge in [-0.25, -0.2) is 4.39 Å². The molecule has 1 atom stereocenters. The van der Waals surface area contributed by atoms with Crippen LogP contribution in [0.4, 0.5) is 4.39 Å². The van der Waals surface area contributed by atoms with Crippen molar-refractivity contribution in [3.05, 3.63) is 53.3 Å². The summed E-state index contributed by atoms with van der Waals surface area (Å²) in [6, 6.07) is 4.98. The largest absolute Gasteiger partial charge is 0.383 e. The van der Waals surface area contributed by atoms with E-state index < -0.39 is 11.9 Å². The van der Waals surface area contributed by atoms with E-state index in [9.17, 15) is 9.50 Å². The molecule has 0 radical (unpaired) electrons. The standard InChI is InChI=1S/C12H8Br2ClFOS/c1-5-4-8(18-12(5)14)11(17)6-2-3-7(13)9(15)10(6)16/h2-4,11,17H,1H3. The molecule has 2 aromatic rings. The molecule has 2 rings (SSSR count). The van der Waals surface area contributed by atoms with E-state index in [4.69, 9.17) is 11.6 Å². The molecule has 1 N–H and O–H groups in total. The Balaban J connectivity index is 2.46. The molecule has 0 fully saturated rings. The van der Waals surface area contributed by atoms with E-state index in [0.29, 0.717) is 9.35 Å². The van der Waals surface area contributed by atoms with E-state index in [1.807, 2.05) is 13.0 Å². The Morgan fingerprint density at radius 3 is 2.61 bits per heavy atom. The maximum atomic E-state index is 14.0. The Morgan fingerprint density at radius 1 is 1.39 bits per heavy atom. The van der Waals surface area contributed by atoms with Gasteiger partial charge in [0.2, 0.25) is 0 Å². The monoisotopic (exact) mass is 412 g/mol. The Morgan fingerprint density at radius 2 is 2.06 bits per heavy atom. The molecule has 0 aliphatic heterocycles. The predicted molar refractivity (Wildman–Crippen MR) is 79.9 cm³/mol. The van der Waals surface area contributed by atoms with Gasteiger partial charge >= 0.3 is 0 Å². The molecule has 0 aliphatic rings. The van der Waals surface area contributed by atoms with Crippen LogP contribution in [0.5, 0.6) is 0 Å². The summed E-state index contributed by atoms with van der Waals surface area (Å²) in [6.45, 7) is 1.92. The van der Waals surface area contributed by atoms with Gasteiger partial charge in [-0.3, -0.25) is 0 Å². The zero-order chi connectivity index (χ0) is 13.4. The number of hydrogen-bond donors (Lipinski definition) is 1. The Kier molecular flexibility index (Phi) is 4.49. The van der Waals surface area contributed by atoms with Gasteiger partial charge in [0.05, 0.1) is 8.81 Å². The van der Waals surface area contributed by atoms with Crippen molar-refractivity contribution in [1.29, 1.82) is 0 Å². The second-order valence-corrected chi connectivity index (χ2v) is 7.41. The van der Waals surface area contributed by atoms with Gasteiger partial charge in [0, 0.05) is 14.9 Å². The second-order valence-electron chi connectivity index (χ2n) is 3.77. The summed E-state index contributed by atoms with van der Waals surface area (Å²) in [7, 11) is 0. The average molecular weight is 415 g/mol. The van der Waals surface area contributed by atoms with Gasteiger partial charge in [-0.2, -0.15) is 0 Å². The van der Waals surface area contributed by atoms with E-state index in [0.717, 1.165) is 9.35 Å². The van der Waals surface area contributed by atoms with Gasteiger partial charge in [-0.15, -0.1) is 11.3 Å². The normalized spacial score (nSPS) is 12.8. The zero-order valence-electron chi connectivity index (χ0n) is 9.18. The molecule has 0 spiro atoms. The van der Waals surface area contributed by atoms with Gasteiger partial charge in [0.15, 0.2) is 0 Å². The molecule has 1 nitrogen and oxygen atoms in total. The molecule has 0 aliphatic carbocycles. The van der Waals surface area contributed by atoms with Crippen molar-refractivity contribution in [2.24, 2.45) is 0 Å². The second kappa shape index (κ2) is 5.59. The fraction of sp³-hybridized carbons (Fsp3) is 0.167. The molecule has 18 heavy (non-hydrogen) atoms. The summed E-state index contributed by atoms with van der Waals surface area (Å²) < 4.78 is 15.4. The van der Waals surface area contributed by atoms with Gasteiger partial charge in [-0.05, 0) is 56.5 Å². The van der Waals surface area contributed by atoms with Crippen molar-refractivity contribution in [2.75, 3.05) is 0 Å². The number of aryl methyl sites for hydroxylation is 1. The van der Waals surface area contributed by atoms with Crippen LogP contribution in [0, 0.1) is 12.7 Å². The number of benzene rings is 1. The molecule has 6 heteroatoms. The minimum absolute atomic E-state index is 0.0149. The van der Waals surface area contributed by atoms with Gasteiger partial charge in [0.25, 0.3) is 0 Å². The molecule has 1 aromatic carbocycles. The van der Waals surface area contributed by atoms with Gasteiger partial charge in [0.1, 0.15) is 11.9 Å². The van der Waals surface area contributed by atoms with Gasteiger partial charge in [-0.1, -0.05) is 17.7 Å². The van der Waals surface area contributed by atoms with Crippen LogP contribution in [0.15, 0.2) is 26.5 Å². The SMILES string of the molecule is Cc1cc(C(O)c2ccc(Br)c(Cl)c2F)sc1Br. The first-order valence-corrected chi connectivity index (χ1v) is 7.77. The highest BCUT2D eigenvalue weighted by Gasteiger charge is 2.20. The number of rotatable bonds is 2. The van der Waals surface area contributed by atoms with E-state index in [1.165, 1.54) is 17.4 Å². The lowest BCUT2D eigenvalue weighted by atomic mass is 10.1. The van der Waals surface area contributed by atoms with Crippen LogP contribution in [0.2, 0.25) is 5.02 Å². The lowest BCUT2D eigenvalue weighted by Gasteiger charge is -2.11. The summed E-state index contributed by atoms with van der Waals surface area (Å²) in [4.78, 5) is 0.677. The summed E-state index contributed by atoms with van der Waals surface area (Å²) in [5, 5.41) is 10.2. The van der Waals surface area contributed by atoms with Crippen LogP contribution in [0.1, 0.15) is 22.1 Å². The third-order valence-electron chi connectivity index (χ3n) is 2.51. The molecule has 0 saturated heterocycles. The molecule has 96 valence electrons. The van der Waals surface area contributed by atoms with E-state index in [1.54, 1.807) is 6.07 Å². The predicted octanol–water partition coefficient (Wildman–Crippen LogP) is 5.46. The smallest absolute Gasteiger partial charge is 0.149 e. The maximum Gasteiger partial charge on any atom is 0.149 e. The fourth-order valence-electron chi connectivity index (χ4n) is 1.52. The van der Waals surface area contributed by atoms with E-state index >= 15 is 0 Å². The highest BCUT2D eigenvalue weighted by molar-refractivity contribution is 9.11. The molecular weight excluding hydrogens is 406 g/mol. The lowest BCUT2D eigenvalue weighted by molar-refractivity contribution is 0.218. The van der Waals surface area contributed by atoms with Crippen LogP contribution in [0.25, 0.3) is 0 Å². The highest BCUT2D eigenvalue weighted by atomic mass is 79.9. The Labute approximate surface area is 130 Å². The summed E-state index contributed by atoms with van der Waals surface area (Å²) in [5.74, 6) is -0.597. The van der Waals surface area contributed by atoms with E-state index in [2.05, 4.69) is 31.9 Å². The third kappa shape index (κ3) is 2.65. The van der Waals surface area contributed by atoms with Crippen molar-refractivity contribution < 1.29 is 9.50 Å². The highest BCUT2D eigenvalue weighted by Crippen LogP contribution is 2.37. The summed E-state index contributed by atoms with van der Waals surface area (Å²) in [5.41, 5.74) is 1.19. The minimum atomic E-state index is -1.01. The van der Waals surface area contributed by atoms with E-state index in [-0.39, 0.29) is 10.6 Å².